The van der Waals surface area contributed by atoms with Gasteiger partial charge >= 0.3 is 12.1 Å². The molecule has 3 aromatic carbocycles. The zero-order valence-corrected chi connectivity index (χ0v) is 20.4. The van der Waals surface area contributed by atoms with E-state index in [0.29, 0.717) is 23.8 Å². The van der Waals surface area contributed by atoms with Crippen LogP contribution in [0.15, 0.2) is 66.7 Å². The molecule has 36 heavy (non-hydrogen) atoms. The lowest BCUT2D eigenvalue weighted by molar-refractivity contribution is -0.139. The number of amides is 1. The van der Waals surface area contributed by atoms with E-state index in [9.17, 15) is 14.7 Å². The van der Waals surface area contributed by atoms with E-state index in [2.05, 4.69) is 22.3 Å². The van der Waals surface area contributed by atoms with E-state index in [4.69, 9.17) is 21.1 Å². The Bertz CT molecular complexity index is 1230. The molecule has 1 unspecified atom stereocenters. The molecule has 1 heterocycles. The maximum Gasteiger partial charge on any atom is 0.407 e. The van der Waals surface area contributed by atoms with Crippen LogP contribution in [0.2, 0.25) is 5.02 Å². The summed E-state index contributed by atoms with van der Waals surface area (Å²) in [6, 6.07) is 20.4. The zero-order chi connectivity index (χ0) is 25.1. The van der Waals surface area contributed by atoms with Crippen LogP contribution in [0.3, 0.4) is 0 Å². The van der Waals surface area contributed by atoms with Gasteiger partial charge < -0.3 is 24.8 Å². The number of anilines is 1. The molecule has 2 aliphatic rings. The maximum absolute atomic E-state index is 12.6. The fourth-order valence-corrected chi connectivity index (χ4v) is 5.28. The third kappa shape index (κ3) is 5.03. The summed E-state index contributed by atoms with van der Waals surface area (Å²) in [5, 5.41) is 12.8. The van der Waals surface area contributed by atoms with Gasteiger partial charge in [0.15, 0.2) is 0 Å². The lowest BCUT2D eigenvalue weighted by Crippen LogP contribution is -2.43. The summed E-state index contributed by atoms with van der Waals surface area (Å²) < 4.78 is 10.9. The largest absolute Gasteiger partial charge is 0.480 e. The van der Waals surface area contributed by atoms with Crippen molar-refractivity contribution >= 4 is 29.4 Å². The van der Waals surface area contributed by atoms with E-state index < -0.39 is 18.1 Å². The third-order valence-electron chi connectivity index (χ3n) is 6.74. The van der Waals surface area contributed by atoms with Crippen LogP contribution in [0.1, 0.15) is 22.6 Å². The molecule has 0 bridgehead atoms. The average molecular weight is 507 g/mol. The van der Waals surface area contributed by atoms with Gasteiger partial charge in [-0.3, -0.25) is 0 Å². The highest BCUT2D eigenvalue weighted by molar-refractivity contribution is 6.33. The number of rotatable bonds is 7. The second-order valence-corrected chi connectivity index (χ2v) is 9.36. The van der Waals surface area contributed by atoms with Gasteiger partial charge in [0.25, 0.3) is 0 Å². The number of alkyl carbamates (subject to hydrolysis) is 1. The van der Waals surface area contributed by atoms with Crippen molar-refractivity contribution in [3.8, 4) is 11.1 Å². The number of morpholine rings is 1. The Morgan fingerprint density at radius 3 is 2.28 bits per heavy atom. The van der Waals surface area contributed by atoms with E-state index >= 15 is 0 Å². The molecule has 7 nitrogen and oxygen atoms in total. The summed E-state index contributed by atoms with van der Waals surface area (Å²) >= 11 is 6.49. The second kappa shape index (κ2) is 10.6. The van der Waals surface area contributed by atoms with Gasteiger partial charge in [0.05, 0.1) is 23.9 Å². The smallest absolute Gasteiger partial charge is 0.407 e. The molecule has 186 valence electrons. The Kier molecular flexibility index (Phi) is 7.11. The number of fused-ring (bicyclic) bond motifs is 3. The standard InChI is InChI=1S/C28H27ClN2O5/c29-24-15-18(9-10-26(24)31-11-13-35-14-12-31)16-25(27(32)33)30-28(34)36-17-23-21-7-3-1-5-19(21)20-6-2-4-8-22(20)23/h1-10,15,23,25H,11-14,16-17H2,(H,30,34)(H,32,33). The normalized spacial score (nSPS) is 15.6. The number of benzene rings is 3. The van der Waals surface area contributed by atoms with Crippen LogP contribution in [0, 0.1) is 0 Å². The Balaban J connectivity index is 1.22. The Morgan fingerprint density at radius 2 is 1.67 bits per heavy atom. The van der Waals surface area contributed by atoms with Crippen LogP contribution in [-0.4, -0.2) is 56.1 Å². The summed E-state index contributed by atoms with van der Waals surface area (Å²) in [7, 11) is 0. The number of nitrogens with zero attached hydrogens (tertiary/aromatic N) is 1. The summed E-state index contributed by atoms with van der Waals surface area (Å²) in [6.45, 7) is 2.90. The third-order valence-corrected chi connectivity index (χ3v) is 7.04. The van der Waals surface area contributed by atoms with E-state index in [1.165, 1.54) is 0 Å². The van der Waals surface area contributed by atoms with Crippen molar-refractivity contribution < 1.29 is 24.2 Å². The highest BCUT2D eigenvalue weighted by atomic mass is 35.5. The van der Waals surface area contributed by atoms with Crippen molar-refractivity contribution in [2.24, 2.45) is 0 Å². The molecule has 1 aliphatic heterocycles. The molecule has 1 aliphatic carbocycles. The predicted molar refractivity (Wildman–Crippen MR) is 138 cm³/mol. The minimum atomic E-state index is -1.15. The number of carboxylic acid groups (broad SMARTS) is 1. The van der Waals surface area contributed by atoms with Gasteiger partial charge in [0, 0.05) is 25.4 Å². The van der Waals surface area contributed by atoms with Crippen molar-refractivity contribution in [3.05, 3.63) is 88.4 Å². The topological polar surface area (TPSA) is 88.1 Å². The lowest BCUT2D eigenvalue weighted by Gasteiger charge is -2.29. The summed E-state index contributed by atoms with van der Waals surface area (Å²) in [4.78, 5) is 26.7. The maximum atomic E-state index is 12.6. The number of carbonyl (C=O) groups is 2. The molecule has 0 radical (unpaired) electrons. The van der Waals surface area contributed by atoms with Gasteiger partial charge in [-0.25, -0.2) is 9.59 Å². The van der Waals surface area contributed by atoms with Crippen LogP contribution in [0.5, 0.6) is 0 Å². The molecule has 1 amide bonds. The molecule has 8 heteroatoms. The summed E-state index contributed by atoms with van der Waals surface area (Å²) in [5.41, 5.74) is 6.04. The number of carbonyl (C=O) groups excluding carboxylic acids is 1. The Morgan fingerprint density at radius 1 is 1.03 bits per heavy atom. The number of hydrogen-bond acceptors (Lipinski definition) is 5. The Hall–Kier alpha value is -3.55. The number of hydrogen-bond donors (Lipinski definition) is 2. The van der Waals surface area contributed by atoms with E-state index in [1.807, 2.05) is 48.5 Å². The highest BCUT2D eigenvalue weighted by Crippen LogP contribution is 2.44. The van der Waals surface area contributed by atoms with Gasteiger partial charge in [-0.15, -0.1) is 0 Å². The van der Waals surface area contributed by atoms with Crippen LogP contribution in [-0.2, 0) is 20.7 Å². The molecule has 1 saturated heterocycles. The van der Waals surface area contributed by atoms with Gasteiger partial charge in [-0.2, -0.15) is 0 Å². The molecule has 1 fully saturated rings. The number of aliphatic carboxylic acids is 1. The van der Waals surface area contributed by atoms with Crippen molar-refractivity contribution in [2.75, 3.05) is 37.8 Å². The van der Waals surface area contributed by atoms with Crippen molar-refractivity contribution in [1.29, 1.82) is 0 Å². The first kappa shape index (κ1) is 24.2. The monoisotopic (exact) mass is 506 g/mol. The number of halogens is 1. The number of carboxylic acids is 1. The molecule has 0 saturated carbocycles. The highest BCUT2D eigenvalue weighted by Gasteiger charge is 2.30. The molecule has 5 rings (SSSR count). The number of ether oxygens (including phenoxy) is 2. The predicted octanol–water partition coefficient (Wildman–Crippen LogP) is 4.71. The van der Waals surface area contributed by atoms with Gasteiger partial charge in [0.2, 0.25) is 0 Å². The molecule has 1 atom stereocenters. The first-order valence-corrected chi connectivity index (χ1v) is 12.3. The first-order chi connectivity index (χ1) is 17.5. The summed E-state index contributed by atoms with van der Waals surface area (Å²) in [6.07, 6.45) is -0.678. The van der Waals surface area contributed by atoms with Crippen LogP contribution >= 0.6 is 11.6 Å². The van der Waals surface area contributed by atoms with Crippen LogP contribution in [0.25, 0.3) is 11.1 Å². The van der Waals surface area contributed by atoms with Gasteiger partial charge in [0.1, 0.15) is 12.6 Å². The second-order valence-electron chi connectivity index (χ2n) is 8.95. The Labute approximate surface area is 214 Å². The quantitative estimate of drug-likeness (QED) is 0.482. The van der Waals surface area contributed by atoms with E-state index in [-0.39, 0.29) is 18.9 Å². The van der Waals surface area contributed by atoms with E-state index in [0.717, 1.165) is 41.0 Å². The SMILES string of the molecule is O=C(NC(Cc1ccc(N2CCOCC2)c(Cl)c1)C(=O)O)OCC1c2ccccc2-c2ccccc21. The van der Waals surface area contributed by atoms with Crippen molar-refractivity contribution in [1.82, 2.24) is 5.32 Å². The molecular formula is C28H27ClN2O5. The molecule has 2 N–H and O–H groups in total. The lowest BCUT2D eigenvalue weighted by atomic mass is 9.98. The molecular weight excluding hydrogens is 480 g/mol. The van der Waals surface area contributed by atoms with Crippen molar-refractivity contribution in [3.63, 3.8) is 0 Å². The first-order valence-electron chi connectivity index (χ1n) is 12.0. The van der Waals surface area contributed by atoms with Gasteiger partial charge in [-0.1, -0.05) is 66.2 Å². The molecule has 3 aromatic rings. The minimum absolute atomic E-state index is 0.0860. The van der Waals surface area contributed by atoms with Gasteiger partial charge in [-0.05, 0) is 39.9 Å². The fourth-order valence-electron chi connectivity index (χ4n) is 4.96. The van der Waals surface area contributed by atoms with E-state index in [1.54, 1.807) is 6.07 Å². The zero-order valence-electron chi connectivity index (χ0n) is 19.7. The molecule has 0 aromatic heterocycles. The van der Waals surface area contributed by atoms with Crippen molar-refractivity contribution in [2.45, 2.75) is 18.4 Å². The van der Waals surface area contributed by atoms with Crippen LogP contribution < -0.4 is 10.2 Å². The summed E-state index contributed by atoms with van der Waals surface area (Å²) in [5.74, 6) is -1.24. The van der Waals surface area contributed by atoms with Crippen LogP contribution in [0.4, 0.5) is 10.5 Å². The minimum Gasteiger partial charge on any atom is -0.480 e. The fraction of sp³-hybridized carbons (Fsp3) is 0.286. The number of nitrogens with one attached hydrogen (secondary N) is 1. The molecule has 0 spiro atoms. The average Bonchev–Trinajstić information content (AvgIpc) is 3.21.